The van der Waals surface area contributed by atoms with E-state index in [9.17, 15) is 9.59 Å². The largest absolute Gasteiger partial charge is 0.481 e. The highest BCUT2D eigenvalue weighted by molar-refractivity contribution is 9.11. The molecule has 1 aromatic rings. The fourth-order valence-corrected chi connectivity index (χ4v) is 4.72. The molecule has 5 nitrogen and oxygen atoms in total. The van der Waals surface area contributed by atoms with E-state index < -0.39 is 5.97 Å². The van der Waals surface area contributed by atoms with Gasteiger partial charge in [-0.25, -0.2) is 4.79 Å². The molecule has 1 aromatic heterocycles. The number of carboxylic acid groups (broad SMARTS) is 1. The minimum absolute atomic E-state index is 0.0122. The maximum absolute atomic E-state index is 12.2. The van der Waals surface area contributed by atoms with Crippen LogP contribution in [0.15, 0.2) is 15.9 Å². The lowest BCUT2D eigenvalue weighted by molar-refractivity contribution is -0.137. The SMILES string of the molecule is O=C(O)CC1CSCCN1C(=O)NCCc1ccc(Br)s1. The molecule has 2 amide bonds. The average molecular weight is 393 g/mol. The number of thiophene rings is 1. The van der Waals surface area contributed by atoms with Gasteiger partial charge in [-0.2, -0.15) is 11.8 Å². The van der Waals surface area contributed by atoms with Gasteiger partial charge in [0.05, 0.1) is 16.2 Å². The first-order chi connectivity index (χ1) is 10.1. The first-order valence-corrected chi connectivity index (χ1v) is 9.41. The highest BCUT2D eigenvalue weighted by atomic mass is 79.9. The predicted octanol–water partition coefficient (Wildman–Crippen LogP) is 2.65. The number of carbonyl (C=O) groups excluding carboxylic acids is 1. The van der Waals surface area contributed by atoms with Crippen molar-refractivity contribution in [3.8, 4) is 0 Å². The van der Waals surface area contributed by atoms with E-state index in [4.69, 9.17) is 5.11 Å². The molecule has 1 aliphatic heterocycles. The molecule has 2 rings (SSSR count). The maximum atomic E-state index is 12.2. The third-order valence-corrected chi connectivity index (χ3v) is 5.95. The Morgan fingerprint density at radius 3 is 2.95 bits per heavy atom. The smallest absolute Gasteiger partial charge is 0.317 e. The second-order valence-electron chi connectivity index (χ2n) is 4.71. The Labute approximate surface area is 140 Å². The number of urea groups is 1. The molecule has 0 spiro atoms. The molecule has 21 heavy (non-hydrogen) atoms. The van der Waals surface area contributed by atoms with Crippen molar-refractivity contribution in [2.45, 2.75) is 18.9 Å². The Balaban J connectivity index is 1.81. The number of carboxylic acids is 1. The van der Waals surface area contributed by atoms with Gasteiger partial charge in [0.25, 0.3) is 0 Å². The van der Waals surface area contributed by atoms with E-state index in [1.807, 2.05) is 12.1 Å². The Morgan fingerprint density at radius 1 is 1.48 bits per heavy atom. The van der Waals surface area contributed by atoms with Crippen molar-refractivity contribution in [3.05, 3.63) is 20.8 Å². The number of aliphatic carboxylic acids is 1. The Bertz CT molecular complexity index is 509. The monoisotopic (exact) mass is 392 g/mol. The number of nitrogens with one attached hydrogen (secondary N) is 1. The molecule has 1 aliphatic rings. The summed E-state index contributed by atoms with van der Waals surface area (Å²) in [5.41, 5.74) is 0. The third-order valence-electron chi connectivity index (χ3n) is 3.18. The maximum Gasteiger partial charge on any atom is 0.317 e. The predicted molar refractivity (Wildman–Crippen MR) is 89.2 cm³/mol. The molecule has 2 heterocycles. The lowest BCUT2D eigenvalue weighted by Gasteiger charge is -2.34. The van der Waals surface area contributed by atoms with E-state index in [0.29, 0.717) is 18.8 Å². The fourth-order valence-electron chi connectivity index (χ4n) is 2.17. The Kier molecular flexibility index (Phi) is 6.38. The number of carbonyl (C=O) groups is 2. The van der Waals surface area contributed by atoms with Gasteiger partial charge in [-0.15, -0.1) is 11.3 Å². The summed E-state index contributed by atoms with van der Waals surface area (Å²) in [5.74, 6) is 0.697. The van der Waals surface area contributed by atoms with Crippen molar-refractivity contribution in [1.82, 2.24) is 10.2 Å². The minimum atomic E-state index is -0.858. The number of halogens is 1. The van der Waals surface area contributed by atoms with Crippen LogP contribution in [0.2, 0.25) is 0 Å². The first-order valence-electron chi connectivity index (χ1n) is 6.64. The molecule has 1 saturated heterocycles. The van der Waals surface area contributed by atoms with E-state index in [1.54, 1.807) is 28.0 Å². The van der Waals surface area contributed by atoms with Gasteiger partial charge in [-0.1, -0.05) is 0 Å². The zero-order valence-electron chi connectivity index (χ0n) is 11.4. The van der Waals surface area contributed by atoms with Crippen molar-refractivity contribution < 1.29 is 14.7 Å². The number of thioether (sulfide) groups is 1. The summed E-state index contributed by atoms with van der Waals surface area (Å²) in [6, 6.07) is 3.66. The van der Waals surface area contributed by atoms with Gasteiger partial charge >= 0.3 is 12.0 Å². The van der Waals surface area contributed by atoms with Gasteiger partial charge in [-0.3, -0.25) is 4.79 Å². The van der Waals surface area contributed by atoms with Crippen LogP contribution in [0.4, 0.5) is 4.79 Å². The summed E-state index contributed by atoms with van der Waals surface area (Å²) in [5, 5.41) is 11.8. The van der Waals surface area contributed by atoms with Crippen LogP contribution < -0.4 is 5.32 Å². The normalized spacial score (nSPS) is 18.5. The van der Waals surface area contributed by atoms with Gasteiger partial charge in [0.1, 0.15) is 0 Å². The van der Waals surface area contributed by atoms with Crippen LogP contribution in [0.25, 0.3) is 0 Å². The van der Waals surface area contributed by atoms with Gasteiger partial charge in [0.2, 0.25) is 0 Å². The second kappa shape index (κ2) is 8.05. The molecule has 1 unspecified atom stereocenters. The molecule has 0 aromatic carbocycles. The standard InChI is InChI=1S/C13H17BrN2O3S2/c14-11-2-1-10(21-11)3-4-15-13(19)16-5-6-20-8-9(16)7-12(17)18/h1-2,9H,3-8H2,(H,15,19)(H,17,18). The molecule has 0 saturated carbocycles. The number of rotatable bonds is 5. The average Bonchev–Trinajstić information content (AvgIpc) is 2.84. The van der Waals surface area contributed by atoms with Crippen LogP contribution in [-0.4, -0.2) is 52.6 Å². The summed E-state index contributed by atoms with van der Waals surface area (Å²) in [6.45, 7) is 1.17. The highest BCUT2D eigenvalue weighted by Crippen LogP contribution is 2.22. The Hall–Kier alpha value is -0.730. The molecule has 1 fully saturated rings. The number of hydrogen-bond donors (Lipinski definition) is 2. The van der Waals surface area contributed by atoms with E-state index >= 15 is 0 Å². The summed E-state index contributed by atoms with van der Waals surface area (Å²) in [6.07, 6.45) is 0.798. The summed E-state index contributed by atoms with van der Waals surface area (Å²) in [7, 11) is 0. The van der Waals surface area contributed by atoms with Crippen LogP contribution in [-0.2, 0) is 11.2 Å². The van der Waals surface area contributed by atoms with Crippen molar-refractivity contribution in [1.29, 1.82) is 0 Å². The number of amides is 2. The molecule has 0 bridgehead atoms. The zero-order chi connectivity index (χ0) is 15.2. The van der Waals surface area contributed by atoms with Gasteiger partial charge in [0.15, 0.2) is 0 Å². The lowest BCUT2D eigenvalue weighted by atomic mass is 10.2. The van der Waals surface area contributed by atoms with Crippen LogP contribution >= 0.6 is 39.0 Å². The van der Waals surface area contributed by atoms with Gasteiger partial charge < -0.3 is 15.3 Å². The first kappa shape index (κ1) is 16.6. The summed E-state index contributed by atoms with van der Waals surface area (Å²) < 4.78 is 1.08. The molecular formula is C13H17BrN2O3S2. The van der Waals surface area contributed by atoms with Gasteiger partial charge in [-0.05, 0) is 34.5 Å². The van der Waals surface area contributed by atoms with E-state index in [-0.39, 0.29) is 18.5 Å². The number of nitrogens with zero attached hydrogens (tertiary/aromatic N) is 1. The lowest BCUT2D eigenvalue weighted by Crippen LogP contribution is -2.51. The molecule has 8 heteroatoms. The summed E-state index contributed by atoms with van der Waals surface area (Å²) in [4.78, 5) is 25.9. The van der Waals surface area contributed by atoms with Crippen LogP contribution in [0.5, 0.6) is 0 Å². The van der Waals surface area contributed by atoms with Crippen molar-refractivity contribution in [2.75, 3.05) is 24.6 Å². The quantitative estimate of drug-likeness (QED) is 0.807. The minimum Gasteiger partial charge on any atom is -0.481 e. The third kappa shape index (κ3) is 5.19. The van der Waals surface area contributed by atoms with E-state index in [2.05, 4.69) is 21.2 Å². The molecule has 2 N–H and O–H groups in total. The number of hydrogen-bond acceptors (Lipinski definition) is 4. The van der Waals surface area contributed by atoms with Crippen molar-refractivity contribution in [3.63, 3.8) is 0 Å². The molecular weight excluding hydrogens is 376 g/mol. The van der Waals surface area contributed by atoms with Crippen LogP contribution in [0, 0.1) is 0 Å². The molecule has 0 aliphatic carbocycles. The summed E-state index contributed by atoms with van der Waals surface area (Å²) >= 11 is 6.77. The Morgan fingerprint density at radius 2 is 2.29 bits per heavy atom. The van der Waals surface area contributed by atoms with E-state index in [0.717, 1.165) is 16.0 Å². The topological polar surface area (TPSA) is 69.6 Å². The highest BCUT2D eigenvalue weighted by Gasteiger charge is 2.28. The van der Waals surface area contributed by atoms with E-state index in [1.165, 1.54) is 4.88 Å². The van der Waals surface area contributed by atoms with Crippen molar-refractivity contribution >= 4 is 51.0 Å². The fraction of sp³-hybridized carbons (Fsp3) is 0.538. The molecule has 0 radical (unpaired) electrons. The zero-order valence-corrected chi connectivity index (χ0v) is 14.6. The molecule has 116 valence electrons. The van der Waals surface area contributed by atoms with Crippen LogP contribution in [0.1, 0.15) is 11.3 Å². The van der Waals surface area contributed by atoms with Crippen molar-refractivity contribution in [2.24, 2.45) is 0 Å². The van der Waals surface area contributed by atoms with Crippen LogP contribution in [0.3, 0.4) is 0 Å². The molecule has 1 atom stereocenters. The van der Waals surface area contributed by atoms with Gasteiger partial charge in [0, 0.05) is 29.5 Å². The second-order valence-corrected chi connectivity index (χ2v) is 8.41.